The second-order valence-electron chi connectivity index (χ2n) is 5.23. The molecule has 0 saturated carbocycles. The van der Waals surface area contributed by atoms with E-state index in [0.717, 1.165) is 17.1 Å². The van der Waals surface area contributed by atoms with Crippen molar-refractivity contribution in [1.29, 1.82) is 0 Å². The van der Waals surface area contributed by atoms with Gasteiger partial charge >= 0.3 is 0 Å². The number of nitrogens with one attached hydrogen (secondary N) is 1. The van der Waals surface area contributed by atoms with E-state index in [1.54, 1.807) is 11.2 Å². The van der Waals surface area contributed by atoms with Gasteiger partial charge in [0.2, 0.25) is 0 Å². The number of hydrazone groups is 1. The standard InChI is InChI=1S/C18H18N4O/c1-14-17(13-19-21(2)15-9-5-3-6-10-15)18(23)22(20-14)16-11-7-4-8-12-16/h3-13,20H,1-2H3/b19-13-. The Kier molecular flexibility index (Phi) is 4.10. The maximum absolute atomic E-state index is 12.6. The average molecular weight is 306 g/mol. The Balaban J connectivity index is 1.91. The molecule has 1 N–H and O–H groups in total. The van der Waals surface area contributed by atoms with Crippen LogP contribution in [-0.2, 0) is 0 Å². The Labute approximate surface area is 134 Å². The van der Waals surface area contributed by atoms with Gasteiger partial charge in [-0.05, 0) is 31.2 Å². The fourth-order valence-corrected chi connectivity index (χ4v) is 2.33. The zero-order chi connectivity index (χ0) is 16.2. The highest BCUT2D eigenvalue weighted by atomic mass is 16.1. The van der Waals surface area contributed by atoms with Crippen molar-refractivity contribution in [3.8, 4) is 5.69 Å². The summed E-state index contributed by atoms with van der Waals surface area (Å²) in [5.74, 6) is 0. The first-order valence-electron chi connectivity index (χ1n) is 7.36. The lowest BCUT2D eigenvalue weighted by Gasteiger charge is -2.11. The molecular weight excluding hydrogens is 288 g/mol. The largest absolute Gasteiger partial charge is 0.295 e. The predicted molar refractivity (Wildman–Crippen MR) is 93.6 cm³/mol. The van der Waals surface area contributed by atoms with Crippen molar-refractivity contribution in [3.63, 3.8) is 0 Å². The van der Waals surface area contributed by atoms with Crippen LogP contribution in [0.2, 0.25) is 0 Å². The van der Waals surface area contributed by atoms with E-state index >= 15 is 0 Å². The van der Waals surface area contributed by atoms with Crippen LogP contribution in [-0.4, -0.2) is 23.0 Å². The minimum absolute atomic E-state index is 0.112. The number of nitrogens with zero attached hydrogens (tertiary/aromatic N) is 3. The molecule has 0 fully saturated rings. The van der Waals surface area contributed by atoms with Gasteiger partial charge in [0.25, 0.3) is 5.56 Å². The third-order valence-corrected chi connectivity index (χ3v) is 3.62. The van der Waals surface area contributed by atoms with Gasteiger partial charge in [0, 0.05) is 12.7 Å². The summed E-state index contributed by atoms with van der Waals surface area (Å²) >= 11 is 0. The van der Waals surface area contributed by atoms with Crippen molar-refractivity contribution in [2.45, 2.75) is 6.92 Å². The number of anilines is 1. The van der Waals surface area contributed by atoms with Gasteiger partial charge in [0.05, 0.1) is 23.2 Å². The van der Waals surface area contributed by atoms with E-state index in [1.165, 1.54) is 4.68 Å². The van der Waals surface area contributed by atoms with E-state index in [-0.39, 0.29) is 5.56 Å². The summed E-state index contributed by atoms with van der Waals surface area (Å²) in [6.45, 7) is 1.87. The second kappa shape index (κ2) is 6.36. The lowest BCUT2D eigenvalue weighted by molar-refractivity contribution is 0.835. The third kappa shape index (κ3) is 3.08. The van der Waals surface area contributed by atoms with Crippen molar-refractivity contribution in [2.24, 2.45) is 5.10 Å². The molecule has 5 nitrogen and oxygen atoms in total. The normalized spacial score (nSPS) is 11.0. The number of aromatic amines is 1. The molecule has 3 aromatic rings. The fourth-order valence-electron chi connectivity index (χ4n) is 2.33. The average Bonchev–Trinajstić information content (AvgIpc) is 2.88. The first-order valence-corrected chi connectivity index (χ1v) is 7.36. The monoisotopic (exact) mass is 306 g/mol. The number of aryl methyl sites for hydroxylation is 1. The van der Waals surface area contributed by atoms with E-state index in [4.69, 9.17) is 0 Å². The quantitative estimate of drug-likeness (QED) is 0.595. The van der Waals surface area contributed by atoms with Crippen LogP contribution in [0, 0.1) is 6.92 Å². The Morgan fingerprint density at radius 3 is 2.30 bits per heavy atom. The molecule has 5 heteroatoms. The lowest BCUT2D eigenvalue weighted by atomic mass is 10.3. The molecule has 0 saturated heterocycles. The zero-order valence-corrected chi connectivity index (χ0v) is 13.1. The van der Waals surface area contributed by atoms with Crippen LogP contribution in [0.1, 0.15) is 11.3 Å². The maximum Gasteiger partial charge on any atom is 0.280 e. The number of H-pyrrole nitrogens is 1. The molecule has 0 bridgehead atoms. The van der Waals surface area contributed by atoms with Gasteiger partial charge in [0.15, 0.2) is 0 Å². The van der Waals surface area contributed by atoms with Crippen molar-refractivity contribution in [3.05, 3.63) is 82.3 Å². The molecule has 0 aliphatic heterocycles. The Morgan fingerprint density at radius 2 is 1.65 bits per heavy atom. The van der Waals surface area contributed by atoms with Gasteiger partial charge in [-0.2, -0.15) is 5.10 Å². The van der Waals surface area contributed by atoms with E-state index in [1.807, 2.05) is 74.6 Å². The van der Waals surface area contributed by atoms with E-state index in [0.29, 0.717) is 5.56 Å². The summed E-state index contributed by atoms with van der Waals surface area (Å²) < 4.78 is 1.53. The highest BCUT2D eigenvalue weighted by Gasteiger charge is 2.10. The van der Waals surface area contributed by atoms with Gasteiger partial charge in [-0.25, -0.2) is 4.68 Å². The van der Waals surface area contributed by atoms with E-state index in [9.17, 15) is 4.79 Å². The minimum atomic E-state index is -0.112. The van der Waals surface area contributed by atoms with Gasteiger partial charge in [-0.3, -0.25) is 14.9 Å². The molecule has 116 valence electrons. The van der Waals surface area contributed by atoms with Gasteiger partial charge in [-0.15, -0.1) is 0 Å². The van der Waals surface area contributed by atoms with Crippen LogP contribution in [0.4, 0.5) is 5.69 Å². The number of para-hydroxylation sites is 2. The van der Waals surface area contributed by atoms with Crippen LogP contribution in [0.5, 0.6) is 0 Å². The number of benzene rings is 2. The van der Waals surface area contributed by atoms with Crippen molar-refractivity contribution >= 4 is 11.9 Å². The molecule has 0 radical (unpaired) electrons. The number of hydrogen-bond donors (Lipinski definition) is 1. The molecule has 0 spiro atoms. The summed E-state index contributed by atoms with van der Waals surface area (Å²) in [5, 5.41) is 9.19. The summed E-state index contributed by atoms with van der Waals surface area (Å²) in [5.41, 5.74) is 2.98. The van der Waals surface area contributed by atoms with Crippen molar-refractivity contribution < 1.29 is 0 Å². The van der Waals surface area contributed by atoms with Gasteiger partial charge < -0.3 is 0 Å². The molecule has 0 aliphatic carbocycles. The molecule has 1 heterocycles. The first-order chi connectivity index (χ1) is 11.2. The summed E-state index contributed by atoms with van der Waals surface area (Å²) in [6, 6.07) is 19.3. The predicted octanol–water partition coefficient (Wildman–Crippen LogP) is 2.94. The highest BCUT2D eigenvalue weighted by molar-refractivity contribution is 5.81. The molecule has 23 heavy (non-hydrogen) atoms. The van der Waals surface area contributed by atoms with Crippen LogP contribution in [0.3, 0.4) is 0 Å². The molecule has 3 rings (SSSR count). The number of hydrogen-bond acceptors (Lipinski definition) is 3. The smallest absolute Gasteiger partial charge is 0.280 e. The molecule has 0 unspecified atom stereocenters. The molecule has 0 atom stereocenters. The Hall–Kier alpha value is -3.08. The molecule has 0 amide bonds. The van der Waals surface area contributed by atoms with Crippen LogP contribution >= 0.6 is 0 Å². The van der Waals surface area contributed by atoms with Crippen LogP contribution < -0.4 is 10.6 Å². The molecule has 1 aromatic heterocycles. The third-order valence-electron chi connectivity index (χ3n) is 3.62. The zero-order valence-electron chi connectivity index (χ0n) is 13.1. The molecule has 0 aliphatic rings. The van der Waals surface area contributed by atoms with Crippen molar-refractivity contribution in [2.75, 3.05) is 12.1 Å². The number of aromatic nitrogens is 2. The van der Waals surface area contributed by atoms with E-state index < -0.39 is 0 Å². The SMILES string of the molecule is Cc1[nH]n(-c2ccccc2)c(=O)c1/C=N\N(C)c1ccccc1. The summed E-state index contributed by atoms with van der Waals surface area (Å²) in [7, 11) is 1.85. The van der Waals surface area contributed by atoms with Crippen molar-refractivity contribution in [1.82, 2.24) is 9.78 Å². The molecule has 2 aromatic carbocycles. The number of rotatable bonds is 4. The topological polar surface area (TPSA) is 53.4 Å². The second-order valence-corrected chi connectivity index (χ2v) is 5.23. The van der Waals surface area contributed by atoms with Crippen LogP contribution in [0.25, 0.3) is 5.69 Å². The summed E-state index contributed by atoms with van der Waals surface area (Å²) in [4.78, 5) is 12.6. The van der Waals surface area contributed by atoms with Gasteiger partial charge in [0.1, 0.15) is 0 Å². The van der Waals surface area contributed by atoms with E-state index in [2.05, 4.69) is 10.2 Å². The Morgan fingerprint density at radius 1 is 1.04 bits per heavy atom. The fraction of sp³-hybridized carbons (Fsp3) is 0.111. The maximum atomic E-state index is 12.6. The lowest BCUT2D eigenvalue weighted by Crippen LogP contribution is -2.18. The van der Waals surface area contributed by atoms with Crippen LogP contribution in [0.15, 0.2) is 70.6 Å². The van der Waals surface area contributed by atoms with Gasteiger partial charge in [-0.1, -0.05) is 36.4 Å². The first kappa shape index (κ1) is 14.8. The Bertz CT molecular complexity index is 863. The highest BCUT2D eigenvalue weighted by Crippen LogP contribution is 2.11. The minimum Gasteiger partial charge on any atom is -0.295 e. The summed E-state index contributed by atoms with van der Waals surface area (Å²) in [6.07, 6.45) is 1.60. The molecular formula is C18H18N4O.